The molecule has 116 valence electrons. The van der Waals surface area contributed by atoms with Crippen LogP contribution >= 0.6 is 0 Å². The normalized spacial score (nSPS) is 16.1. The summed E-state index contributed by atoms with van der Waals surface area (Å²) in [5.41, 5.74) is 4.05. The van der Waals surface area contributed by atoms with E-state index in [0.717, 1.165) is 12.8 Å². The van der Waals surface area contributed by atoms with E-state index in [-0.39, 0.29) is 17.9 Å². The van der Waals surface area contributed by atoms with Crippen LogP contribution in [0.4, 0.5) is 0 Å². The molecule has 2 aromatic rings. The summed E-state index contributed by atoms with van der Waals surface area (Å²) in [5, 5.41) is 13.8. The molecule has 1 aromatic carbocycles. The molecular weight excluding hydrogens is 278 g/mol. The Bertz CT molecular complexity index is 661. The van der Waals surface area contributed by atoms with Gasteiger partial charge in [0, 0.05) is 12.0 Å². The molecule has 1 amide bonds. The molecule has 0 unspecified atom stereocenters. The lowest BCUT2D eigenvalue weighted by molar-refractivity contribution is -0.122. The van der Waals surface area contributed by atoms with Crippen LogP contribution in [0.5, 0.6) is 0 Å². The number of nitrogens with zero attached hydrogens (tertiary/aromatic N) is 4. The van der Waals surface area contributed by atoms with Gasteiger partial charge >= 0.3 is 0 Å². The van der Waals surface area contributed by atoms with Gasteiger partial charge in [0.05, 0.1) is 0 Å². The molecule has 22 heavy (non-hydrogen) atoms. The molecule has 1 aliphatic rings. The number of nitrogens with one attached hydrogen (secondary N) is 1. The highest BCUT2D eigenvalue weighted by atomic mass is 16.2. The van der Waals surface area contributed by atoms with Crippen molar-refractivity contribution < 1.29 is 4.79 Å². The van der Waals surface area contributed by atoms with E-state index in [1.54, 1.807) is 0 Å². The molecule has 0 spiro atoms. The third kappa shape index (κ3) is 2.86. The van der Waals surface area contributed by atoms with Crippen molar-refractivity contribution in [2.45, 2.75) is 45.1 Å². The zero-order valence-corrected chi connectivity index (χ0v) is 13.0. The zero-order chi connectivity index (χ0) is 15.6. The van der Waals surface area contributed by atoms with Crippen LogP contribution < -0.4 is 5.32 Å². The highest BCUT2D eigenvalue weighted by Crippen LogP contribution is 2.43. The van der Waals surface area contributed by atoms with E-state index in [9.17, 15) is 4.79 Å². The van der Waals surface area contributed by atoms with Crippen molar-refractivity contribution in [3.05, 3.63) is 41.2 Å². The van der Waals surface area contributed by atoms with Crippen LogP contribution in [0.1, 0.15) is 36.0 Å². The summed E-state index contributed by atoms with van der Waals surface area (Å²) in [4.78, 5) is 12.0. The van der Waals surface area contributed by atoms with Crippen LogP contribution in [0, 0.1) is 13.8 Å². The van der Waals surface area contributed by atoms with E-state index in [1.807, 2.05) is 0 Å². The van der Waals surface area contributed by atoms with Crippen LogP contribution in [0.15, 0.2) is 24.5 Å². The molecule has 1 saturated carbocycles. The largest absolute Gasteiger partial charge is 0.354 e. The summed E-state index contributed by atoms with van der Waals surface area (Å²) < 4.78 is 1.43. The molecule has 1 N–H and O–H groups in total. The topological polar surface area (TPSA) is 72.7 Å². The molecule has 0 bridgehead atoms. The van der Waals surface area contributed by atoms with Gasteiger partial charge in [0.25, 0.3) is 0 Å². The van der Waals surface area contributed by atoms with Crippen LogP contribution in [-0.2, 0) is 16.8 Å². The number of tetrazole rings is 1. The summed E-state index contributed by atoms with van der Waals surface area (Å²) >= 11 is 0. The van der Waals surface area contributed by atoms with Crippen LogP contribution in [0.2, 0.25) is 0 Å². The monoisotopic (exact) mass is 299 g/mol. The molecule has 0 radical (unpaired) electrons. The van der Waals surface area contributed by atoms with E-state index < -0.39 is 0 Å². The lowest BCUT2D eigenvalue weighted by Gasteiger charge is -2.43. The average Bonchev–Trinajstić information content (AvgIpc) is 2.94. The van der Waals surface area contributed by atoms with Crippen molar-refractivity contribution >= 4 is 5.91 Å². The first-order chi connectivity index (χ1) is 10.6. The van der Waals surface area contributed by atoms with Gasteiger partial charge in [-0.25, -0.2) is 4.68 Å². The Hall–Kier alpha value is -2.24. The number of benzene rings is 1. The Morgan fingerprint density at radius 2 is 2.14 bits per heavy atom. The fourth-order valence-corrected chi connectivity index (χ4v) is 2.97. The van der Waals surface area contributed by atoms with Gasteiger partial charge in [0.15, 0.2) is 0 Å². The van der Waals surface area contributed by atoms with E-state index >= 15 is 0 Å². The second-order valence-electron chi connectivity index (χ2n) is 6.22. The van der Waals surface area contributed by atoms with Crippen molar-refractivity contribution in [1.29, 1.82) is 0 Å². The van der Waals surface area contributed by atoms with Crippen molar-refractivity contribution in [2.24, 2.45) is 0 Å². The fourth-order valence-electron chi connectivity index (χ4n) is 2.97. The summed E-state index contributed by atoms with van der Waals surface area (Å²) in [6.07, 6.45) is 4.92. The zero-order valence-electron chi connectivity index (χ0n) is 13.0. The fraction of sp³-hybridized carbons (Fsp3) is 0.500. The Morgan fingerprint density at radius 3 is 2.73 bits per heavy atom. The number of hydrogen-bond donors (Lipinski definition) is 1. The van der Waals surface area contributed by atoms with Gasteiger partial charge < -0.3 is 5.32 Å². The molecule has 1 heterocycles. The molecule has 3 rings (SSSR count). The highest BCUT2D eigenvalue weighted by Gasteiger charge is 2.38. The number of aryl methyl sites for hydroxylation is 2. The van der Waals surface area contributed by atoms with Crippen molar-refractivity contribution in [1.82, 2.24) is 25.5 Å². The Labute approximate surface area is 129 Å². The minimum absolute atomic E-state index is 0.0533. The number of carbonyl (C=O) groups excluding carboxylic acids is 1. The third-order valence-electron chi connectivity index (χ3n) is 4.75. The van der Waals surface area contributed by atoms with Gasteiger partial charge in [-0.05, 0) is 53.8 Å². The first kappa shape index (κ1) is 14.7. The van der Waals surface area contributed by atoms with Crippen molar-refractivity contribution in [3.8, 4) is 0 Å². The molecule has 6 nitrogen and oxygen atoms in total. The average molecular weight is 299 g/mol. The molecule has 0 aliphatic heterocycles. The molecule has 6 heteroatoms. The highest BCUT2D eigenvalue weighted by molar-refractivity contribution is 5.75. The van der Waals surface area contributed by atoms with E-state index in [0.29, 0.717) is 6.54 Å². The van der Waals surface area contributed by atoms with E-state index in [4.69, 9.17) is 0 Å². The van der Waals surface area contributed by atoms with Crippen LogP contribution in [-0.4, -0.2) is 32.7 Å². The molecule has 1 aliphatic carbocycles. The standard InChI is InChI=1S/C16H21N5O/c1-12-4-5-14(8-13(12)2)16(6-3-7-16)10-17-15(22)9-21-11-18-19-20-21/h4-5,8,11H,3,6-7,9-10H2,1-2H3,(H,17,22). The predicted octanol–water partition coefficient (Wildman–Crippen LogP) is 1.53. The Morgan fingerprint density at radius 1 is 1.32 bits per heavy atom. The van der Waals surface area contributed by atoms with Gasteiger partial charge in [0.1, 0.15) is 12.9 Å². The van der Waals surface area contributed by atoms with E-state index in [1.165, 1.54) is 34.1 Å². The minimum Gasteiger partial charge on any atom is -0.354 e. The first-order valence-corrected chi connectivity index (χ1v) is 7.64. The van der Waals surface area contributed by atoms with Crippen LogP contribution in [0.25, 0.3) is 0 Å². The Balaban J connectivity index is 1.66. The SMILES string of the molecule is Cc1ccc(C2(CNC(=O)Cn3cnnn3)CCC2)cc1C. The second-order valence-corrected chi connectivity index (χ2v) is 6.22. The lowest BCUT2D eigenvalue weighted by atomic mass is 9.64. The van der Waals surface area contributed by atoms with Gasteiger partial charge in [-0.2, -0.15) is 0 Å². The van der Waals surface area contributed by atoms with Gasteiger partial charge in [-0.1, -0.05) is 24.6 Å². The van der Waals surface area contributed by atoms with Crippen molar-refractivity contribution in [2.75, 3.05) is 6.54 Å². The summed E-state index contributed by atoms with van der Waals surface area (Å²) in [7, 11) is 0. The summed E-state index contributed by atoms with van der Waals surface area (Å²) in [6, 6.07) is 6.64. The van der Waals surface area contributed by atoms with Crippen molar-refractivity contribution in [3.63, 3.8) is 0 Å². The summed E-state index contributed by atoms with van der Waals surface area (Å²) in [6.45, 7) is 5.11. The van der Waals surface area contributed by atoms with Crippen LogP contribution in [0.3, 0.4) is 0 Å². The number of rotatable bonds is 5. The quantitative estimate of drug-likeness (QED) is 0.908. The van der Waals surface area contributed by atoms with Gasteiger partial charge in [-0.15, -0.1) is 5.10 Å². The minimum atomic E-state index is -0.0533. The van der Waals surface area contributed by atoms with E-state index in [2.05, 4.69) is 52.9 Å². The molecule has 0 saturated heterocycles. The molecule has 0 atom stereocenters. The lowest BCUT2D eigenvalue weighted by Crippen LogP contribution is -2.46. The molecule has 1 fully saturated rings. The van der Waals surface area contributed by atoms with Gasteiger partial charge in [0.2, 0.25) is 5.91 Å². The number of carbonyl (C=O) groups is 1. The predicted molar refractivity (Wildman–Crippen MR) is 82.3 cm³/mol. The van der Waals surface area contributed by atoms with Gasteiger partial charge in [-0.3, -0.25) is 4.79 Å². The third-order valence-corrected chi connectivity index (χ3v) is 4.75. The maximum Gasteiger partial charge on any atom is 0.241 e. The maximum atomic E-state index is 12.0. The number of amides is 1. The second kappa shape index (κ2) is 5.87. The summed E-state index contributed by atoms with van der Waals surface area (Å²) in [5.74, 6) is -0.0533. The first-order valence-electron chi connectivity index (χ1n) is 7.64. The molecular formula is C16H21N5O. The number of hydrogen-bond acceptors (Lipinski definition) is 4. The Kier molecular flexibility index (Phi) is 3.92. The molecule has 1 aromatic heterocycles. The smallest absolute Gasteiger partial charge is 0.241 e. The maximum absolute atomic E-state index is 12.0. The number of aromatic nitrogens is 4.